The summed E-state index contributed by atoms with van der Waals surface area (Å²) in [5.74, 6) is -5.47. The number of nitrogen functional groups attached to an aromatic ring is 2. The highest BCUT2D eigenvalue weighted by Crippen LogP contribution is 2.48. The monoisotopic (exact) mass is 1500 g/mol. The van der Waals surface area contributed by atoms with Gasteiger partial charge in [-0.3, -0.25) is 82.2 Å². The van der Waals surface area contributed by atoms with Gasteiger partial charge in [-0.1, -0.05) is 47.7 Å². The van der Waals surface area contributed by atoms with Gasteiger partial charge in [0.25, 0.3) is 0 Å². The third-order valence-corrected chi connectivity index (χ3v) is 22.0. The van der Waals surface area contributed by atoms with E-state index in [1.807, 2.05) is 0 Å². The number of H-pyrrole nitrogens is 2. The molecule has 7 aliphatic heterocycles. The maximum Gasteiger partial charge on any atom is 0.355 e. The smallest absolute Gasteiger partial charge is 0.355 e. The molecule has 4 aromatic heterocycles. The zero-order chi connectivity index (χ0) is 71.6. The van der Waals surface area contributed by atoms with Gasteiger partial charge in [-0.15, -0.1) is 58.0 Å². The van der Waals surface area contributed by atoms with Crippen LogP contribution in [-0.2, 0) is 83.2 Å². The molecular formula is C51H57N17O21S8. The number of nitrogens with two attached hydrogens (primary N) is 4. The number of oxime groups is 2. The Kier molecular flexibility index (Phi) is 25.8. The number of fused-ring (bicyclic) bond motifs is 4. The Morgan fingerprint density at radius 3 is 1.47 bits per heavy atom. The molecule has 3 saturated heterocycles. The van der Waals surface area contributed by atoms with Crippen molar-refractivity contribution in [3.8, 4) is 0 Å². The van der Waals surface area contributed by atoms with Crippen molar-refractivity contribution < 1.29 is 81.3 Å². The molecule has 3 amide bonds. The van der Waals surface area contributed by atoms with Crippen molar-refractivity contribution in [1.29, 1.82) is 0 Å². The summed E-state index contributed by atoms with van der Waals surface area (Å²) in [6.07, 6.45) is -0.239. The number of anilines is 2. The first kappa shape index (κ1) is 75.7. The number of aryl methyl sites for hydroxylation is 2. The van der Waals surface area contributed by atoms with Crippen molar-refractivity contribution in [3.05, 3.63) is 97.4 Å². The van der Waals surface area contributed by atoms with Crippen molar-refractivity contribution in [1.82, 2.24) is 54.2 Å². The molecule has 0 spiro atoms. The molecule has 0 unspecified atom stereocenters. The lowest BCUT2D eigenvalue weighted by molar-refractivity contribution is -0.153. The highest BCUT2D eigenvalue weighted by Gasteiger charge is 2.57. The van der Waals surface area contributed by atoms with Gasteiger partial charge in [0.2, 0.25) is 17.7 Å². The number of thiazole rings is 2. The maximum atomic E-state index is 13.0. The number of carboxylic acid groups (broad SMARTS) is 3. The van der Waals surface area contributed by atoms with Crippen LogP contribution in [0.15, 0.2) is 84.4 Å². The van der Waals surface area contributed by atoms with E-state index in [1.165, 1.54) is 99.0 Å². The number of thioether (sulfide) groups is 5. The van der Waals surface area contributed by atoms with Crippen molar-refractivity contribution in [3.63, 3.8) is 0 Å². The summed E-state index contributed by atoms with van der Waals surface area (Å²) in [7, 11) is 5.62. The predicted octanol–water partition coefficient (Wildman–Crippen LogP) is -2.62. The fraction of sp³-hybridized carbons (Fsp3) is 0.431. The Morgan fingerprint density at radius 2 is 1.08 bits per heavy atom. The Balaban J connectivity index is 0.000000194. The number of cyclic esters (lactones) is 1. The van der Waals surface area contributed by atoms with E-state index in [-0.39, 0.29) is 109 Å². The van der Waals surface area contributed by atoms with E-state index in [9.17, 15) is 72.5 Å². The van der Waals surface area contributed by atoms with Gasteiger partial charge in [0.1, 0.15) is 66.8 Å². The number of aromatic nitrogens is 8. The van der Waals surface area contributed by atoms with Gasteiger partial charge in [-0.2, -0.15) is 18.4 Å². The number of hydrogen-bond acceptors (Lipinski definition) is 35. The van der Waals surface area contributed by atoms with Crippen LogP contribution in [-0.4, -0.2) is 220 Å². The molecular weight excluding hydrogens is 1440 g/mol. The molecule has 97 heavy (non-hydrogen) atoms. The second-order valence-electron chi connectivity index (χ2n) is 20.8. The van der Waals surface area contributed by atoms with Crippen LogP contribution < -0.4 is 45.2 Å². The largest absolute Gasteiger partial charge is 0.480 e. The van der Waals surface area contributed by atoms with E-state index < -0.39 is 105 Å². The van der Waals surface area contributed by atoms with Crippen LogP contribution in [0.2, 0.25) is 0 Å². The molecule has 3 fully saturated rings. The van der Waals surface area contributed by atoms with E-state index in [4.69, 9.17) is 50.9 Å². The maximum absolute atomic E-state index is 13.0. The summed E-state index contributed by atoms with van der Waals surface area (Å²) in [5.41, 5.74) is 21.0. The molecule has 11 heterocycles. The first-order chi connectivity index (χ1) is 45.9. The zero-order valence-corrected chi connectivity index (χ0v) is 57.6. The minimum atomic E-state index is -1.28. The minimum Gasteiger partial charge on any atom is -0.480 e. The molecule has 7 aliphatic rings. The molecule has 7 atom stereocenters. The second-order valence-corrected chi connectivity index (χ2v) is 27.9. The third-order valence-electron chi connectivity index (χ3n) is 14.3. The summed E-state index contributed by atoms with van der Waals surface area (Å²) in [4.78, 5) is 183. The first-order valence-corrected chi connectivity index (χ1v) is 35.1. The van der Waals surface area contributed by atoms with Crippen molar-refractivity contribution in [2.45, 2.75) is 65.2 Å². The van der Waals surface area contributed by atoms with Gasteiger partial charge in [-0.05, 0) is 17.1 Å². The molecule has 0 saturated carbocycles. The van der Waals surface area contributed by atoms with E-state index in [0.29, 0.717) is 39.2 Å². The highest BCUT2D eigenvalue weighted by atomic mass is 32.2. The van der Waals surface area contributed by atoms with Gasteiger partial charge >= 0.3 is 57.7 Å². The molecule has 38 nitrogen and oxygen atoms in total. The number of esters is 1. The third kappa shape index (κ3) is 17.0. The normalized spacial score (nSPS) is 20.9. The highest BCUT2D eigenvalue weighted by molar-refractivity contribution is 8.01. The Morgan fingerprint density at radius 1 is 0.670 bits per heavy atom. The second kappa shape index (κ2) is 33.1. The molecule has 0 radical (unpaired) electrons. The number of carbonyl (C=O) groups is 9. The standard InChI is InChI=1S/C19H19N7O7S3.C15H14N4O5S2.C12H13N5O5S2.C5H11NO2.O2S/c1-25-19(22-13(28)14(29)23-25)36-5-7-4-34-16-8(15(30)26(16)12(7)17(31)32)3-10(27)11(24-33-2)9-6-35-18(20)21-9;1-23-18-10(8-5-26-15(16)17-8)9(20)2-7-12(21)19-11-6(3-24-14(11)22)4-25-13(7)19;1-16-12(14-7(18)8(19)15-16)24-3-4-2-23-10-5(13)9(20)17(10)6(4)11(21)22;1-3(2)4(6)5(7)8;1-3-2/h6,8,16H,3-5H2,1-2H3,(H2,20,21)(H,23,29)(H,31,32);5,7,13H,2-4H2,1H3,(H2,16,17);5,10H,2-3,13H2,1H3,(H,15,19)(H,21,22);3-4H,6H2,1-2H3,(H,7,8);/b24-11+;18-10-;;;/t8-,16-;7-,13-;5-,10-;4-;/m1111./s1. The lowest BCUT2D eigenvalue weighted by Crippen LogP contribution is -2.68. The summed E-state index contributed by atoms with van der Waals surface area (Å²) < 4.78 is 24.1. The molecule has 11 rings (SSSR count). The van der Waals surface area contributed by atoms with Crippen molar-refractivity contribution >= 4 is 168 Å². The molecule has 0 aromatic carbocycles. The molecule has 46 heteroatoms. The van der Waals surface area contributed by atoms with Crippen molar-refractivity contribution in [2.75, 3.05) is 61.1 Å². The predicted molar refractivity (Wildman–Crippen MR) is 352 cm³/mol. The number of β-lactam (4-membered cyclic amide) rings is 3. The average Bonchev–Trinajstić information content (AvgIpc) is 1.62. The Hall–Kier alpha value is -8.64. The van der Waals surface area contributed by atoms with Gasteiger partial charge in [-0.25, -0.2) is 24.4 Å². The van der Waals surface area contributed by atoms with E-state index >= 15 is 0 Å². The molecule has 4 aromatic rings. The van der Waals surface area contributed by atoms with Crippen LogP contribution in [0, 0.1) is 17.8 Å². The van der Waals surface area contributed by atoms with Crippen LogP contribution in [0.3, 0.4) is 0 Å². The number of amides is 3. The van der Waals surface area contributed by atoms with E-state index in [1.54, 1.807) is 24.6 Å². The number of carboxylic acids is 3. The Bertz CT molecular complexity index is 4300. The lowest BCUT2D eigenvalue weighted by atomic mass is 9.89. The summed E-state index contributed by atoms with van der Waals surface area (Å²) in [6, 6.07) is -1.39. The van der Waals surface area contributed by atoms with E-state index in [0.717, 1.165) is 40.4 Å². The van der Waals surface area contributed by atoms with E-state index in [2.05, 4.69) is 40.4 Å². The number of carbonyl (C=O) groups excluding carboxylic acids is 6. The number of aliphatic carboxylic acids is 3. The number of rotatable bonds is 20. The van der Waals surface area contributed by atoms with Crippen molar-refractivity contribution in [2.24, 2.45) is 53.6 Å². The number of nitrogens with zero attached hydrogens (tertiary/aromatic N) is 11. The Labute approximate surface area is 577 Å². The average molecular weight is 1500 g/mol. The number of Topliss-reactive ketones (excluding diaryl/α,β-unsaturated/α-hetero) is 2. The fourth-order valence-electron chi connectivity index (χ4n) is 9.58. The summed E-state index contributed by atoms with van der Waals surface area (Å²) in [6.45, 7) is 3.79. The topological polar surface area (TPSA) is 576 Å². The summed E-state index contributed by atoms with van der Waals surface area (Å²) >= 11 is 7.98. The fourth-order valence-corrected chi connectivity index (χ4v) is 16.9. The van der Waals surface area contributed by atoms with Crippen LogP contribution in [0.25, 0.3) is 0 Å². The van der Waals surface area contributed by atoms with Crippen LogP contribution in [0.4, 0.5) is 10.3 Å². The van der Waals surface area contributed by atoms with Gasteiger partial charge < -0.3 is 52.7 Å². The van der Waals surface area contributed by atoms with Gasteiger partial charge in [0.05, 0.1) is 22.6 Å². The number of hydrogen-bond donors (Lipinski definition) is 9. The van der Waals surface area contributed by atoms with Gasteiger partial charge in [0, 0.05) is 72.0 Å². The molecule has 0 aliphatic carbocycles. The SMILES string of the molecule is CC(C)[C@@H](N)C(=O)O.CO/N=C(/C(=O)C[C@@H]1C(=O)N2C(C(=O)O)=C(CSc3nc(=O)c(=O)[nH]n3C)CS[C@H]12)c1csc(N)n1.CO/N=C(\C(=O)C[C@@H]1C(=O)N2C3=C(COC3=O)CS[C@H]12)c1csc(N)n1.Cn1[nH]c(=O)c(=O)nc1SCC1=C(C(=O)O)N2C(=O)[C@@H](N)[C@H]2SC1.O=S=O. The summed E-state index contributed by atoms with van der Waals surface area (Å²) in [5, 5.41) is 42.7. The van der Waals surface area contributed by atoms with Crippen LogP contribution in [0.1, 0.15) is 38.1 Å². The molecule has 520 valence electrons. The van der Waals surface area contributed by atoms with Crippen LogP contribution in [0.5, 0.6) is 0 Å². The molecule has 13 N–H and O–H groups in total. The lowest BCUT2D eigenvalue weighted by Gasteiger charge is -2.49. The van der Waals surface area contributed by atoms with Crippen LogP contribution >= 0.6 is 81.5 Å². The quantitative estimate of drug-likeness (QED) is 0.0109. The molecule has 0 bridgehead atoms. The number of ketones is 2. The zero-order valence-electron chi connectivity index (χ0n) is 51.1. The van der Waals surface area contributed by atoms with Gasteiger partial charge in [0.15, 0.2) is 43.6 Å². The number of nitrogens with one attached hydrogen (secondary N) is 2. The number of ether oxygens (including phenoxy) is 1. The number of aromatic amines is 2. The first-order valence-electron chi connectivity index (χ1n) is 27.5. The minimum absolute atomic E-state index is 0.0208.